The minimum Gasteiger partial charge on any atom is -0.370 e. The molecule has 126 valence electrons. The average molecular weight is 327 g/mol. The zero-order valence-electron chi connectivity index (χ0n) is 13.4. The van der Waals surface area contributed by atoms with E-state index in [2.05, 4.69) is 10.4 Å². The van der Waals surface area contributed by atoms with Gasteiger partial charge < -0.3 is 16.0 Å². The molecule has 7 nitrogen and oxygen atoms in total. The second-order valence-electron chi connectivity index (χ2n) is 6.05. The fourth-order valence-corrected chi connectivity index (χ4v) is 3.02. The first-order valence-corrected chi connectivity index (χ1v) is 8.06. The van der Waals surface area contributed by atoms with Crippen LogP contribution in [0.15, 0.2) is 42.7 Å². The summed E-state index contributed by atoms with van der Waals surface area (Å²) < 4.78 is 1.75. The van der Waals surface area contributed by atoms with Crippen LogP contribution < -0.4 is 11.1 Å². The summed E-state index contributed by atoms with van der Waals surface area (Å²) in [6.07, 6.45) is 5.74. The lowest BCUT2D eigenvalue weighted by Crippen LogP contribution is -2.43. The van der Waals surface area contributed by atoms with Gasteiger partial charge in [0, 0.05) is 37.6 Å². The summed E-state index contributed by atoms with van der Waals surface area (Å²) in [4.78, 5) is 25.2. The van der Waals surface area contributed by atoms with Crippen molar-refractivity contribution in [1.82, 2.24) is 14.7 Å². The fraction of sp³-hybridized carbons (Fsp3) is 0.353. The van der Waals surface area contributed by atoms with Crippen molar-refractivity contribution >= 4 is 17.6 Å². The van der Waals surface area contributed by atoms with E-state index in [1.807, 2.05) is 36.5 Å². The second-order valence-corrected chi connectivity index (χ2v) is 6.05. The molecule has 0 saturated carbocycles. The lowest BCUT2D eigenvalue weighted by Gasteiger charge is -2.32. The van der Waals surface area contributed by atoms with Crippen molar-refractivity contribution in [2.24, 2.45) is 11.7 Å². The molecule has 3 amide bonds. The number of likely N-dealkylation sites (tertiary alicyclic amines) is 1. The van der Waals surface area contributed by atoms with Crippen molar-refractivity contribution in [3.63, 3.8) is 0 Å². The number of aromatic nitrogens is 2. The monoisotopic (exact) mass is 327 g/mol. The second kappa shape index (κ2) is 7.16. The van der Waals surface area contributed by atoms with Crippen LogP contribution in [0.1, 0.15) is 19.3 Å². The molecule has 0 radical (unpaired) electrons. The quantitative estimate of drug-likeness (QED) is 0.899. The average Bonchev–Trinajstić information content (AvgIpc) is 3.09. The van der Waals surface area contributed by atoms with Gasteiger partial charge in [0.1, 0.15) is 0 Å². The summed E-state index contributed by atoms with van der Waals surface area (Å²) in [5.41, 5.74) is 6.92. The number of carbonyl (C=O) groups excluding carboxylic acids is 2. The molecule has 0 unspecified atom stereocenters. The number of urea groups is 1. The number of nitrogens with two attached hydrogens (primary N) is 1. The van der Waals surface area contributed by atoms with Crippen LogP contribution in [0.3, 0.4) is 0 Å². The van der Waals surface area contributed by atoms with Gasteiger partial charge in [-0.1, -0.05) is 0 Å². The Kier molecular flexibility index (Phi) is 4.79. The Morgan fingerprint density at radius 2 is 2.08 bits per heavy atom. The van der Waals surface area contributed by atoms with E-state index in [0.29, 0.717) is 19.5 Å². The molecule has 3 N–H and O–H groups in total. The van der Waals surface area contributed by atoms with Crippen LogP contribution in [-0.2, 0) is 4.79 Å². The Morgan fingerprint density at radius 3 is 2.75 bits per heavy atom. The maximum Gasteiger partial charge on any atom is 0.321 e. The third-order valence-corrected chi connectivity index (χ3v) is 4.18. The molecule has 24 heavy (non-hydrogen) atoms. The number of hydrogen-bond donors (Lipinski definition) is 2. The van der Waals surface area contributed by atoms with Gasteiger partial charge in [-0.15, -0.1) is 0 Å². The predicted molar refractivity (Wildman–Crippen MR) is 90.7 cm³/mol. The minimum absolute atomic E-state index is 0.143. The van der Waals surface area contributed by atoms with E-state index >= 15 is 0 Å². The number of benzene rings is 1. The fourth-order valence-electron chi connectivity index (χ4n) is 3.02. The summed E-state index contributed by atoms with van der Waals surface area (Å²) in [7, 11) is 0. The summed E-state index contributed by atoms with van der Waals surface area (Å²) in [5, 5.41) is 7.06. The van der Waals surface area contributed by atoms with E-state index in [0.717, 1.165) is 24.2 Å². The van der Waals surface area contributed by atoms with Gasteiger partial charge >= 0.3 is 6.03 Å². The van der Waals surface area contributed by atoms with Crippen LogP contribution in [0.2, 0.25) is 0 Å². The number of anilines is 1. The Bertz CT molecular complexity index is 696. The largest absolute Gasteiger partial charge is 0.370 e. The van der Waals surface area contributed by atoms with Crippen molar-refractivity contribution in [2.75, 3.05) is 18.4 Å². The van der Waals surface area contributed by atoms with Gasteiger partial charge in [0.25, 0.3) is 0 Å². The van der Waals surface area contributed by atoms with Crippen molar-refractivity contribution in [1.29, 1.82) is 0 Å². The molecule has 0 aliphatic carbocycles. The Balaban J connectivity index is 1.59. The van der Waals surface area contributed by atoms with Crippen LogP contribution in [-0.4, -0.2) is 39.7 Å². The maximum atomic E-state index is 12.4. The van der Waals surface area contributed by atoms with E-state index in [9.17, 15) is 9.59 Å². The smallest absolute Gasteiger partial charge is 0.321 e. The number of nitrogens with zero attached hydrogens (tertiary/aromatic N) is 3. The molecular weight excluding hydrogens is 306 g/mol. The summed E-state index contributed by atoms with van der Waals surface area (Å²) in [5.74, 6) is -0.152. The van der Waals surface area contributed by atoms with Crippen molar-refractivity contribution in [3.8, 4) is 5.69 Å². The highest BCUT2D eigenvalue weighted by Crippen LogP contribution is 2.20. The molecular formula is C17H21N5O2. The molecule has 0 spiro atoms. The number of rotatable bonds is 4. The van der Waals surface area contributed by atoms with Gasteiger partial charge in [-0.25, -0.2) is 9.48 Å². The number of hydrogen-bond acceptors (Lipinski definition) is 3. The zero-order valence-corrected chi connectivity index (χ0v) is 13.4. The molecule has 1 fully saturated rings. The summed E-state index contributed by atoms with van der Waals surface area (Å²) >= 11 is 0. The molecule has 1 aliphatic rings. The summed E-state index contributed by atoms with van der Waals surface area (Å²) in [6, 6.07) is 9.20. The topological polar surface area (TPSA) is 93.3 Å². The lowest BCUT2D eigenvalue weighted by molar-refractivity contribution is -0.119. The van der Waals surface area contributed by atoms with E-state index in [-0.39, 0.29) is 17.9 Å². The van der Waals surface area contributed by atoms with E-state index in [1.165, 1.54) is 0 Å². The summed E-state index contributed by atoms with van der Waals surface area (Å²) in [6.45, 7) is 1.27. The molecule has 2 heterocycles. The lowest BCUT2D eigenvalue weighted by atomic mass is 9.95. The molecule has 1 saturated heterocycles. The molecule has 2 aromatic rings. The minimum atomic E-state index is -0.309. The Labute approximate surface area is 140 Å². The van der Waals surface area contributed by atoms with Gasteiger partial charge in [-0.2, -0.15) is 5.10 Å². The number of nitrogens with one attached hydrogen (secondary N) is 1. The SMILES string of the molecule is NC(=O)C[C@@H]1CCCN(C(=O)Nc2ccc(-n3cccn3)cc2)C1. The van der Waals surface area contributed by atoms with Crippen LogP contribution >= 0.6 is 0 Å². The first kappa shape index (κ1) is 16.0. The van der Waals surface area contributed by atoms with Gasteiger partial charge in [0.2, 0.25) is 5.91 Å². The van der Waals surface area contributed by atoms with Crippen LogP contribution in [0.4, 0.5) is 10.5 Å². The number of amides is 3. The molecule has 3 rings (SSSR count). The van der Waals surface area contributed by atoms with Crippen LogP contribution in [0.25, 0.3) is 5.69 Å². The van der Waals surface area contributed by atoms with Crippen molar-refractivity contribution < 1.29 is 9.59 Å². The highest BCUT2D eigenvalue weighted by molar-refractivity contribution is 5.89. The predicted octanol–water partition coefficient (Wildman–Crippen LogP) is 1.99. The van der Waals surface area contributed by atoms with Crippen molar-refractivity contribution in [3.05, 3.63) is 42.7 Å². The van der Waals surface area contributed by atoms with Gasteiger partial charge in [-0.05, 0) is 49.1 Å². The molecule has 0 bridgehead atoms. The maximum absolute atomic E-state index is 12.4. The first-order chi connectivity index (χ1) is 11.6. The van der Waals surface area contributed by atoms with Crippen molar-refractivity contribution in [2.45, 2.75) is 19.3 Å². The van der Waals surface area contributed by atoms with E-state index in [1.54, 1.807) is 15.8 Å². The molecule has 1 atom stereocenters. The number of carbonyl (C=O) groups is 2. The molecule has 7 heteroatoms. The number of piperidine rings is 1. The molecule has 1 aromatic heterocycles. The Hall–Kier alpha value is -2.83. The van der Waals surface area contributed by atoms with Gasteiger partial charge in [0.15, 0.2) is 0 Å². The van der Waals surface area contributed by atoms with E-state index in [4.69, 9.17) is 5.73 Å². The normalized spacial score (nSPS) is 17.5. The van der Waals surface area contributed by atoms with E-state index < -0.39 is 0 Å². The number of primary amides is 1. The third kappa shape index (κ3) is 3.92. The first-order valence-electron chi connectivity index (χ1n) is 8.06. The third-order valence-electron chi connectivity index (χ3n) is 4.18. The van der Waals surface area contributed by atoms with Crippen LogP contribution in [0.5, 0.6) is 0 Å². The molecule has 1 aliphatic heterocycles. The highest BCUT2D eigenvalue weighted by Gasteiger charge is 2.24. The van der Waals surface area contributed by atoms with Gasteiger partial charge in [-0.3, -0.25) is 4.79 Å². The Morgan fingerprint density at radius 1 is 1.29 bits per heavy atom. The van der Waals surface area contributed by atoms with Gasteiger partial charge in [0.05, 0.1) is 5.69 Å². The molecule has 1 aromatic carbocycles. The zero-order chi connectivity index (χ0) is 16.9. The highest BCUT2D eigenvalue weighted by atomic mass is 16.2. The van der Waals surface area contributed by atoms with Crippen LogP contribution in [0, 0.1) is 5.92 Å². The standard InChI is InChI=1S/C17H21N5O2/c18-16(23)11-13-3-1-9-21(12-13)17(24)20-14-4-6-15(7-5-14)22-10-2-8-19-22/h2,4-8,10,13H,1,3,9,11-12H2,(H2,18,23)(H,20,24)/t13-/m0/s1.